The van der Waals surface area contributed by atoms with Crippen molar-refractivity contribution < 1.29 is 13.2 Å². The monoisotopic (exact) mass is 483 g/mol. The molecule has 0 atom stereocenters. The van der Waals surface area contributed by atoms with E-state index < -0.39 is 18.8 Å². The van der Waals surface area contributed by atoms with Gasteiger partial charge in [-0.25, -0.2) is 27.8 Å². The first-order valence-corrected chi connectivity index (χ1v) is 10.0. The van der Waals surface area contributed by atoms with Gasteiger partial charge in [0.25, 0.3) is 6.43 Å². The summed E-state index contributed by atoms with van der Waals surface area (Å²) in [6.45, 7) is 2.84. The molecule has 1 aromatic carbocycles. The van der Waals surface area contributed by atoms with Crippen molar-refractivity contribution in [3.63, 3.8) is 0 Å². The first-order chi connectivity index (χ1) is 15.2. The number of aromatic nitrogens is 4. The van der Waals surface area contributed by atoms with E-state index in [9.17, 15) is 13.2 Å². The first-order valence-electron chi connectivity index (χ1n) is 9.25. The predicted molar refractivity (Wildman–Crippen MR) is 118 cm³/mol. The Balaban J connectivity index is 1.90. The number of amidine groups is 1. The Morgan fingerprint density at radius 2 is 1.88 bits per heavy atom. The largest absolute Gasteiger partial charge is 0.378 e. The number of aryl methyl sites for hydroxylation is 1. The van der Waals surface area contributed by atoms with Crippen LogP contribution in [-0.4, -0.2) is 38.6 Å². The lowest BCUT2D eigenvalue weighted by molar-refractivity contribution is 0.151. The molecule has 0 fully saturated rings. The molecule has 0 saturated heterocycles. The lowest BCUT2D eigenvalue weighted by Gasteiger charge is -2.15. The van der Waals surface area contributed by atoms with Gasteiger partial charge in [0, 0.05) is 6.07 Å². The van der Waals surface area contributed by atoms with Gasteiger partial charge >= 0.3 is 0 Å². The third-order valence-electron chi connectivity index (χ3n) is 4.33. The van der Waals surface area contributed by atoms with Crippen LogP contribution in [0.3, 0.4) is 0 Å². The fourth-order valence-electron chi connectivity index (χ4n) is 2.79. The van der Waals surface area contributed by atoms with Crippen LogP contribution >= 0.6 is 23.2 Å². The highest BCUT2D eigenvalue weighted by Gasteiger charge is 2.16. The van der Waals surface area contributed by atoms with Crippen LogP contribution in [0.1, 0.15) is 17.0 Å². The van der Waals surface area contributed by atoms with Gasteiger partial charge in [0.15, 0.2) is 5.82 Å². The predicted octanol–water partition coefficient (Wildman–Crippen LogP) is 4.92. The maximum absolute atomic E-state index is 13.3. The van der Waals surface area contributed by atoms with E-state index in [0.717, 1.165) is 12.1 Å². The van der Waals surface area contributed by atoms with Crippen LogP contribution < -0.4 is 10.6 Å². The molecule has 0 aliphatic rings. The molecule has 12 heteroatoms. The highest BCUT2D eigenvalue weighted by Crippen LogP contribution is 2.24. The van der Waals surface area contributed by atoms with Crippen LogP contribution in [0.5, 0.6) is 0 Å². The number of nitrogens with one attached hydrogen (secondary N) is 3. The van der Waals surface area contributed by atoms with Crippen molar-refractivity contribution in [2.24, 2.45) is 0 Å². The third-order valence-corrected chi connectivity index (χ3v) is 5.26. The third kappa shape index (κ3) is 5.38. The van der Waals surface area contributed by atoms with Gasteiger partial charge in [-0.3, -0.25) is 5.41 Å². The topological polar surface area (TPSA) is 91.5 Å². The molecule has 0 aliphatic carbocycles. The molecule has 168 valence electrons. The maximum Gasteiger partial charge on any atom is 0.255 e. The van der Waals surface area contributed by atoms with Crippen LogP contribution in [-0.2, 0) is 0 Å². The first kappa shape index (κ1) is 23.6. The van der Waals surface area contributed by atoms with Crippen molar-refractivity contribution in [2.75, 3.05) is 11.9 Å². The molecule has 2 aromatic heterocycles. The number of nitrogens with zero attached hydrogens (tertiary/aromatic N) is 4. The maximum atomic E-state index is 13.3. The highest BCUT2D eigenvalue weighted by molar-refractivity contribution is 6.47. The molecule has 0 unspecified atom stereocenters. The Labute approximate surface area is 191 Å². The Morgan fingerprint density at radius 1 is 1.19 bits per heavy atom. The van der Waals surface area contributed by atoms with E-state index >= 15 is 0 Å². The highest BCUT2D eigenvalue weighted by atomic mass is 35.5. The second kappa shape index (κ2) is 10.0. The Bertz CT molecular complexity index is 1160. The Hall–Kier alpha value is -3.11. The lowest BCUT2D eigenvalue weighted by Crippen LogP contribution is -2.23. The van der Waals surface area contributed by atoms with Gasteiger partial charge in [-0.1, -0.05) is 23.2 Å². The van der Waals surface area contributed by atoms with Gasteiger partial charge in [0.05, 0.1) is 28.7 Å². The normalized spacial score (nSPS) is 12.0. The quantitative estimate of drug-likeness (QED) is 0.327. The summed E-state index contributed by atoms with van der Waals surface area (Å²) in [6.07, 6.45) is -1.39. The van der Waals surface area contributed by atoms with Crippen LogP contribution in [0.25, 0.3) is 11.5 Å². The van der Waals surface area contributed by atoms with E-state index in [1.54, 1.807) is 13.8 Å². The number of alkyl halides is 2. The number of hydrogen-bond donors (Lipinski definition) is 3. The van der Waals surface area contributed by atoms with Gasteiger partial charge < -0.3 is 10.6 Å². The van der Waals surface area contributed by atoms with Gasteiger partial charge in [-0.05, 0) is 43.7 Å². The van der Waals surface area contributed by atoms with Crippen LogP contribution in [0.15, 0.2) is 41.7 Å². The number of halogens is 5. The molecule has 3 aromatic rings. The lowest BCUT2D eigenvalue weighted by atomic mass is 10.1. The van der Waals surface area contributed by atoms with Crippen molar-refractivity contribution in [1.82, 2.24) is 25.1 Å². The Kier molecular flexibility index (Phi) is 7.37. The summed E-state index contributed by atoms with van der Waals surface area (Å²) >= 11 is 12.5. The number of anilines is 1. The number of hydrogen-bond acceptors (Lipinski definition) is 5. The van der Waals surface area contributed by atoms with E-state index in [1.807, 2.05) is 0 Å². The number of benzene rings is 1. The molecule has 0 radical (unpaired) electrons. The minimum absolute atomic E-state index is 0.0454. The van der Waals surface area contributed by atoms with E-state index in [1.165, 1.54) is 29.2 Å². The van der Waals surface area contributed by atoms with Crippen LogP contribution in [0, 0.1) is 25.1 Å². The van der Waals surface area contributed by atoms with Crippen molar-refractivity contribution in [2.45, 2.75) is 20.3 Å². The fourth-order valence-corrected chi connectivity index (χ4v) is 3.13. The summed E-state index contributed by atoms with van der Waals surface area (Å²) in [5.41, 5.74) is 1.69. The summed E-state index contributed by atoms with van der Waals surface area (Å²) in [7, 11) is 0. The molecular formula is C20H18Cl2F3N7. The molecule has 3 rings (SSSR count). The molecule has 0 saturated carbocycles. The summed E-state index contributed by atoms with van der Waals surface area (Å²) in [4.78, 5) is 8.22. The smallest absolute Gasteiger partial charge is 0.255 e. The van der Waals surface area contributed by atoms with E-state index in [0.29, 0.717) is 27.8 Å². The average Bonchev–Trinajstić information content (AvgIpc) is 3.02. The average molecular weight is 484 g/mol. The summed E-state index contributed by atoms with van der Waals surface area (Å²) in [5.74, 6) is -0.195. The van der Waals surface area contributed by atoms with Gasteiger partial charge in [0.2, 0.25) is 0 Å². The van der Waals surface area contributed by atoms with Crippen molar-refractivity contribution in [1.29, 1.82) is 5.41 Å². The second-order valence-corrected chi connectivity index (χ2v) is 7.38. The minimum atomic E-state index is -2.66. The summed E-state index contributed by atoms with van der Waals surface area (Å²) in [5, 5.41) is 18.1. The molecule has 0 spiro atoms. The zero-order valence-electron chi connectivity index (χ0n) is 16.9. The molecule has 0 bridgehead atoms. The van der Waals surface area contributed by atoms with Crippen molar-refractivity contribution in [3.05, 3.63) is 69.5 Å². The Morgan fingerprint density at radius 3 is 2.47 bits per heavy atom. The minimum Gasteiger partial charge on any atom is -0.378 e. The van der Waals surface area contributed by atoms with E-state index in [2.05, 4.69) is 25.7 Å². The molecule has 0 amide bonds. The second-order valence-electron chi connectivity index (χ2n) is 6.63. The van der Waals surface area contributed by atoms with Crippen molar-refractivity contribution in [3.8, 4) is 5.82 Å². The molecule has 2 heterocycles. The SMILES string of the molecule is Cc1nn(-c2cc(NC(=N)/C(Cl)=C(\NCC(F)F)c3ccc(F)cc3)ncn2)c(C)c1Cl. The van der Waals surface area contributed by atoms with Gasteiger partial charge in [0.1, 0.15) is 28.8 Å². The molecule has 3 N–H and O–H groups in total. The zero-order valence-corrected chi connectivity index (χ0v) is 18.4. The fraction of sp³-hybridized carbons (Fsp3) is 0.200. The summed E-state index contributed by atoms with van der Waals surface area (Å²) < 4.78 is 40.3. The molecule has 0 aliphatic heterocycles. The zero-order chi connectivity index (χ0) is 23.4. The number of rotatable bonds is 7. The molecule has 7 nitrogen and oxygen atoms in total. The molecular weight excluding hydrogens is 466 g/mol. The summed E-state index contributed by atoms with van der Waals surface area (Å²) in [6, 6.07) is 6.59. The standard InChI is InChI=1S/C20H18Cl2F3N7/c1-10-17(21)11(2)32(31-10)16-7-15(28-9-29-16)30-20(26)18(22)19(27-8-14(24)25)12-3-5-13(23)6-4-12/h3-7,9,14,27H,8H2,1-2H3,(H2,26,28,29,30)/b19-18+. The van der Waals surface area contributed by atoms with Crippen LogP contribution in [0.2, 0.25) is 5.02 Å². The van der Waals surface area contributed by atoms with Crippen molar-refractivity contribution >= 4 is 40.6 Å². The van der Waals surface area contributed by atoms with E-state index in [-0.39, 0.29) is 22.4 Å². The van der Waals surface area contributed by atoms with Crippen LogP contribution in [0.4, 0.5) is 19.0 Å². The van der Waals surface area contributed by atoms with Gasteiger partial charge in [-0.15, -0.1) is 0 Å². The molecule has 32 heavy (non-hydrogen) atoms. The van der Waals surface area contributed by atoms with E-state index in [4.69, 9.17) is 28.6 Å². The van der Waals surface area contributed by atoms with Gasteiger partial charge in [-0.2, -0.15) is 5.10 Å².